The van der Waals surface area contributed by atoms with Gasteiger partial charge in [-0.2, -0.15) is 8.42 Å². The fraction of sp³-hybridized carbons (Fsp3) is 0.133. The average Bonchev–Trinajstić information content (AvgIpc) is 3.11. The topological polar surface area (TPSA) is 85.3 Å². The fourth-order valence-corrected chi connectivity index (χ4v) is 3.31. The van der Waals surface area contributed by atoms with Crippen LogP contribution in [-0.4, -0.2) is 13.6 Å². The molecule has 2 heterocycles. The molecule has 120 valence electrons. The molecule has 0 aliphatic rings. The van der Waals surface area contributed by atoms with E-state index in [1.807, 2.05) is 30.3 Å². The molecule has 3 rings (SSSR count). The lowest BCUT2D eigenvalue weighted by Crippen LogP contribution is -2.11. The van der Waals surface area contributed by atoms with Gasteiger partial charge in [0.05, 0.1) is 5.69 Å². The number of furan rings is 1. The summed E-state index contributed by atoms with van der Waals surface area (Å²) >= 11 is 3.21. The first-order valence-electron chi connectivity index (χ1n) is 6.73. The monoisotopic (exact) mass is 396 g/mol. The molecule has 0 radical (unpaired) electrons. The van der Waals surface area contributed by atoms with Gasteiger partial charge in [0.25, 0.3) is 15.9 Å². The van der Waals surface area contributed by atoms with Crippen LogP contribution in [0.4, 0.5) is 5.88 Å². The summed E-state index contributed by atoms with van der Waals surface area (Å²) in [4.78, 5) is 0. The Hall–Kier alpha value is -2.06. The van der Waals surface area contributed by atoms with E-state index < -0.39 is 10.0 Å². The van der Waals surface area contributed by atoms with E-state index in [9.17, 15) is 8.42 Å². The first-order chi connectivity index (χ1) is 11.0. The minimum absolute atomic E-state index is 0.0171. The molecule has 0 aliphatic heterocycles. The van der Waals surface area contributed by atoms with Gasteiger partial charge in [-0.15, -0.1) is 0 Å². The zero-order valence-electron chi connectivity index (χ0n) is 12.1. The molecule has 0 fully saturated rings. The summed E-state index contributed by atoms with van der Waals surface area (Å²) in [6.45, 7) is 1.69. The van der Waals surface area contributed by atoms with E-state index in [4.69, 9.17) is 8.94 Å². The molecular formula is C15H13BrN2O4S. The van der Waals surface area contributed by atoms with Crippen molar-refractivity contribution in [1.82, 2.24) is 5.16 Å². The first-order valence-corrected chi connectivity index (χ1v) is 9.00. The summed E-state index contributed by atoms with van der Waals surface area (Å²) in [6.07, 6.45) is 0.515. The summed E-state index contributed by atoms with van der Waals surface area (Å²) in [7, 11) is -3.87. The molecule has 0 unspecified atom stereocenters. The Morgan fingerprint density at radius 1 is 1.17 bits per heavy atom. The predicted molar refractivity (Wildman–Crippen MR) is 87.7 cm³/mol. The molecule has 1 aromatic carbocycles. The van der Waals surface area contributed by atoms with Crippen molar-refractivity contribution in [3.63, 3.8) is 0 Å². The van der Waals surface area contributed by atoms with Crippen molar-refractivity contribution in [2.75, 3.05) is 4.72 Å². The van der Waals surface area contributed by atoms with Crippen LogP contribution in [0.1, 0.15) is 17.0 Å². The number of nitrogens with zero attached hydrogens (tertiary/aromatic N) is 1. The van der Waals surface area contributed by atoms with Crippen LogP contribution in [0, 0.1) is 6.92 Å². The quantitative estimate of drug-likeness (QED) is 0.709. The van der Waals surface area contributed by atoms with Gasteiger partial charge in [-0.3, -0.25) is 0 Å². The van der Waals surface area contributed by atoms with Gasteiger partial charge in [-0.1, -0.05) is 35.5 Å². The number of hydrogen-bond donors (Lipinski definition) is 1. The Kier molecular flexibility index (Phi) is 4.27. The number of nitrogens with one attached hydrogen (secondary N) is 1. The number of rotatable bonds is 5. The third-order valence-corrected chi connectivity index (χ3v) is 5.28. The molecule has 0 amide bonds. The lowest BCUT2D eigenvalue weighted by molar-refractivity contribution is 0.417. The number of sulfonamides is 1. The highest BCUT2D eigenvalue weighted by Gasteiger charge is 2.23. The highest BCUT2D eigenvalue weighted by molar-refractivity contribution is 9.10. The zero-order valence-corrected chi connectivity index (χ0v) is 14.5. The highest BCUT2D eigenvalue weighted by Crippen LogP contribution is 2.28. The third-order valence-electron chi connectivity index (χ3n) is 3.14. The summed E-state index contributed by atoms with van der Waals surface area (Å²) in [6, 6.07) is 12.7. The molecular weight excluding hydrogens is 384 g/mol. The molecule has 0 atom stereocenters. The van der Waals surface area contributed by atoms with Gasteiger partial charge in [0, 0.05) is 6.42 Å². The van der Waals surface area contributed by atoms with E-state index in [2.05, 4.69) is 25.8 Å². The molecule has 0 saturated heterocycles. The van der Waals surface area contributed by atoms with E-state index in [1.165, 1.54) is 6.07 Å². The van der Waals surface area contributed by atoms with Crippen molar-refractivity contribution in [3.05, 3.63) is 64.0 Å². The Balaban J connectivity index is 1.80. The van der Waals surface area contributed by atoms with Gasteiger partial charge in [0.1, 0.15) is 10.2 Å². The number of aromatic nitrogens is 1. The minimum atomic E-state index is -3.87. The van der Waals surface area contributed by atoms with Crippen molar-refractivity contribution in [2.24, 2.45) is 0 Å². The molecule has 3 aromatic rings. The van der Waals surface area contributed by atoms with Crippen LogP contribution in [0.15, 0.2) is 61.0 Å². The van der Waals surface area contributed by atoms with Gasteiger partial charge in [-0.05, 0) is 40.5 Å². The van der Waals surface area contributed by atoms with E-state index in [1.54, 1.807) is 13.0 Å². The Morgan fingerprint density at radius 3 is 2.57 bits per heavy atom. The van der Waals surface area contributed by atoms with Crippen molar-refractivity contribution >= 4 is 31.8 Å². The van der Waals surface area contributed by atoms with Gasteiger partial charge >= 0.3 is 0 Å². The molecule has 2 aromatic heterocycles. The van der Waals surface area contributed by atoms with Crippen molar-refractivity contribution in [3.8, 4) is 0 Å². The van der Waals surface area contributed by atoms with Crippen molar-refractivity contribution in [1.29, 1.82) is 0 Å². The lowest BCUT2D eigenvalue weighted by Gasteiger charge is -2.02. The first kappa shape index (κ1) is 15.8. The average molecular weight is 397 g/mol. The normalized spacial score (nSPS) is 11.6. The van der Waals surface area contributed by atoms with Crippen LogP contribution in [0.2, 0.25) is 0 Å². The summed E-state index contributed by atoms with van der Waals surface area (Å²) in [5.41, 5.74) is 1.58. The maximum absolute atomic E-state index is 12.3. The molecule has 8 heteroatoms. The fourth-order valence-electron chi connectivity index (χ4n) is 1.99. The largest absolute Gasteiger partial charge is 0.447 e. The number of aryl methyl sites for hydroxylation is 1. The summed E-state index contributed by atoms with van der Waals surface area (Å²) < 4.78 is 37.8. The van der Waals surface area contributed by atoms with E-state index in [0.717, 1.165) is 5.56 Å². The number of halogens is 1. The van der Waals surface area contributed by atoms with E-state index in [-0.39, 0.29) is 11.0 Å². The SMILES string of the molecule is Cc1noc(NS(=O)(=O)c2ccc(Cc3ccccc3)o2)c1Br. The second kappa shape index (κ2) is 6.21. The smallest absolute Gasteiger partial charge is 0.297 e. The Morgan fingerprint density at radius 2 is 1.91 bits per heavy atom. The maximum atomic E-state index is 12.3. The van der Waals surface area contributed by atoms with Crippen molar-refractivity contribution < 1.29 is 17.4 Å². The molecule has 23 heavy (non-hydrogen) atoms. The lowest BCUT2D eigenvalue weighted by atomic mass is 10.1. The van der Waals surface area contributed by atoms with E-state index in [0.29, 0.717) is 22.3 Å². The van der Waals surface area contributed by atoms with Gasteiger partial charge in [0.2, 0.25) is 5.09 Å². The van der Waals surface area contributed by atoms with Gasteiger partial charge in [0.15, 0.2) is 0 Å². The van der Waals surface area contributed by atoms with Crippen LogP contribution in [0.25, 0.3) is 0 Å². The third kappa shape index (κ3) is 3.48. The minimum Gasteiger partial charge on any atom is -0.447 e. The summed E-state index contributed by atoms with van der Waals surface area (Å²) in [5.74, 6) is 0.577. The van der Waals surface area contributed by atoms with Crippen LogP contribution >= 0.6 is 15.9 Å². The molecule has 6 nitrogen and oxygen atoms in total. The molecule has 0 aliphatic carbocycles. The van der Waals surface area contributed by atoms with Crippen molar-refractivity contribution in [2.45, 2.75) is 18.4 Å². The van der Waals surface area contributed by atoms with Gasteiger partial charge < -0.3 is 8.94 Å². The number of anilines is 1. The standard InChI is InChI=1S/C15H13BrN2O4S/c1-10-14(16)15(22-17-10)18-23(19,20)13-8-7-12(21-13)9-11-5-3-2-4-6-11/h2-8,18H,9H2,1H3. The second-order valence-electron chi connectivity index (χ2n) is 4.90. The van der Waals surface area contributed by atoms with Gasteiger partial charge in [-0.25, -0.2) is 4.72 Å². The maximum Gasteiger partial charge on any atom is 0.297 e. The summed E-state index contributed by atoms with van der Waals surface area (Å²) in [5, 5.41) is 3.50. The molecule has 0 saturated carbocycles. The Bertz CT molecular complexity index is 916. The van der Waals surface area contributed by atoms with Crippen LogP contribution in [0.3, 0.4) is 0 Å². The Labute approximate surface area is 141 Å². The number of hydrogen-bond acceptors (Lipinski definition) is 5. The number of benzene rings is 1. The molecule has 0 bridgehead atoms. The van der Waals surface area contributed by atoms with Crippen LogP contribution in [-0.2, 0) is 16.4 Å². The zero-order chi connectivity index (χ0) is 16.4. The molecule has 0 spiro atoms. The molecule has 1 N–H and O–H groups in total. The van der Waals surface area contributed by atoms with Crippen LogP contribution in [0.5, 0.6) is 0 Å². The highest BCUT2D eigenvalue weighted by atomic mass is 79.9. The predicted octanol–water partition coefficient (Wildman–Crippen LogP) is 3.73. The second-order valence-corrected chi connectivity index (χ2v) is 7.31. The van der Waals surface area contributed by atoms with Crippen LogP contribution < -0.4 is 4.72 Å². The van der Waals surface area contributed by atoms with E-state index >= 15 is 0 Å².